The minimum atomic E-state index is -4.09. The van der Waals surface area contributed by atoms with E-state index in [-0.39, 0.29) is 16.1 Å². The zero-order chi connectivity index (χ0) is 17.0. The quantitative estimate of drug-likeness (QED) is 0.656. The van der Waals surface area contributed by atoms with Gasteiger partial charge < -0.3 is 4.74 Å². The molecule has 0 aliphatic carbocycles. The number of nitrogens with one attached hydrogen (secondary N) is 1. The summed E-state index contributed by atoms with van der Waals surface area (Å²) < 4.78 is 31.0. The van der Waals surface area contributed by atoms with Gasteiger partial charge in [0.1, 0.15) is 5.75 Å². The molecule has 0 atom stereocenters. The van der Waals surface area contributed by atoms with Gasteiger partial charge >= 0.3 is 0 Å². The molecule has 8 nitrogen and oxygen atoms in total. The highest BCUT2D eigenvalue weighted by atomic mass is 32.2. The van der Waals surface area contributed by atoms with Crippen LogP contribution in [0.25, 0.3) is 0 Å². The molecule has 2 aromatic rings. The number of non-ortho nitro benzene ring substituents is 1. The Hall–Kier alpha value is -2.94. The molecule has 2 rings (SSSR count). The van der Waals surface area contributed by atoms with Gasteiger partial charge in [-0.3, -0.25) is 14.9 Å². The van der Waals surface area contributed by atoms with Gasteiger partial charge in [-0.2, -0.15) is 0 Å². The number of carbonyl (C=O) groups is 1. The highest BCUT2D eigenvalue weighted by Crippen LogP contribution is 2.17. The summed E-state index contributed by atoms with van der Waals surface area (Å²) in [5.74, 6) is -0.488. The van der Waals surface area contributed by atoms with E-state index in [1.165, 1.54) is 49.6 Å². The maximum atomic E-state index is 12.1. The Morgan fingerprint density at radius 3 is 2.39 bits per heavy atom. The Morgan fingerprint density at radius 2 is 1.83 bits per heavy atom. The fourth-order valence-electron chi connectivity index (χ4n) is 1.76. The number of hydrogen-bond donors (Lipinski definition) is 1. The number of nitro groups is 1. The maximum absolute atomic E-state index is 12.1. The van der Waals surface area contributed by atoms with E-state index >= 15 is 0 Å². The number of nitrogens with zero attached hydrogens (tertiary/aromatic N) is 1. The minimum absolute atomic E-state index is 0.128. The largest absolute Gasteiger partial charge is 0.497 e. The van der Waals surface area contributed by atoms with Crippen molar-refractivity contribution in [3.05, 3.63) is 64.2 Å². The molecule has 0 aliphatic rings. The molecule has 0 spiro atoms. The summed E-state index contributed by atoms with van der Waals surface area (Å²) in [7, 11) is -2.65. The van der Waals surface area contributed by atoms with Crippen LogP contribution in [0.3, 0.4) is 0 Å². The normalized spacial score (nSPS) is 10.8. The molecule has 1 N–H and O–H groups in total. The summed E-state index contributed by atoms with van der Waals surface area (Å²) in [5.41, 5.74) is -0.434. The van der Waals surface area contributed by atoms with Crippen LogP contribution in [-0.2, 0) is 10.0 Å². The molecule has 0 fully saturated rings. The van der Waals surface area contributed by atoms with E-state index in [2.05, 4.69) is 0 Å². The van der Waals surface area contributed by atoms with E-state index in [4.69, 9.17) is 4.74 Å². The molecule has 23 heavy (non-hydrogen) atoms. The number of nitro benzene ring substituents is 1. The van der Waals surface area contributed by atoms with E-state index in [1.807, 2.05) is 4.72 Å². The first-order valence-corrected chi connectivity index (χ1v) is 7.77. The van der Waals surface area contributed by atoms with Gasteiger partial charge in [0, 0.05) is 17.7 Å². The first-order valence-electron chi connectivity index (χ1n) is 6.29. The molecule has 0 saturated heterocycles. The van der Waals surface area contributed by atoms with Crippen LogP contribution in [0.2, 0.25) is 0 Å². The van der Waals surface area contributed by atoms with Crippen molar-refractivity contribution >= 4 is 21.6 Å². The van der Waals surface area contributed by atoms with Gasteiger partial charge in [-0.25, -0.2) is 13.1 Å². The van der Waals surface area contributed by atoms with Crippen LogP contribution in [0, 0.1) is 10.1 Å². The lowest BCUT2D eigenvalue weighted by Gasteiger charge is -2.07. The van der Waals surface area contributed by atoms with Crippen molar-refractivity contribution < 1.29 is 22.9 Å². The lowest BCUT2D eigenvalue weighted by atomic mass is 10.2. The molecule has 0 saturated carbocycles. The second-order valence-corrected chi connectivity index (χ2v) is 6.10. The summed E-state index contributed by atoms with van der Waals surface area (Å²) in [6.07, 6.45) is 0. The predicted octanol–water partition coefficient (Wildman–Crippen LogP) is 1.72. The SMILES string of the molecule is COc1ccc(S(=O)(=O)NC(=O)c2cccc([N+](=O)[O-])c2)cc1. The molecule has 0 aromatic heterocycles. The van der Waals surface area contributed by atoms with E-state index < -0.39 is 20.9 Å². The Balaban J connectivity index is 2.24. The Kier molecular flexibility index (Phi) is 4.60. The van der Waals surface area contributed by atoms with Gasteiger partial charge in [0.25, 0.3) is 21.6 Å². The number of carbonyl (C=O) groups excluding carboxylic acids is 1. The lowest BCUT2D eigenvalue weighted by molar-refractivity contribution is -0.384. The maximum Gasteiger partial charge on any atom is 0.270 e. The van der Waals surface area contributed by atoms with Crippen LogP contribution in [0.5, 0.6) is 5.75 Å². The fraction of sp³-hybridized carbons (Fsp3) is 0.0714. The number of sulfonamides is 1. The van der Waals surface area contributed by atoms with Crippen LogP contribution in [0.15, 0.2) is 53.4 Å². The first-order chi connectivity index (χ1) is 10.8. The molecule has 0 aliphatic heterocycles. The lowest BCUT2D eigenvalue weighted by Crippen LogP contribution is -2.30. The van der Waals surface area contributed by atoms with E-state index in [0.717, 1.165) is 6.07 Å². The van der Waals surface area contributed by atoms with Gasteiger partial charge in [-0.1, -0.05) is 6.07 Å². The summed E-state index contributed by atoms with van der Waals surface area (Å²) in [6, 6.07) is 10.2. The molecular weight excluding hydrogens is 324 g/mol. The molecule has 0 unspecified atom stereocenters. The van der Waals surface area contributed by atoms with Gasteiger partial charge in [0.2, 0.25) is 0 Å². The summed E-state index contributed by atoms with van der Waals surface area (Å²) in [5, 5.41) is 10.7. The standard InChI is InChI=1S/C14H12N2O6S/c1-22-12-5-7-13(8-6-12)23(20,21)15-14(17)10-3-2-4-11(9-10)16(18)19/h2-9H,1H3,(H,15,17). The first kappa shape index (κ1) is 16.4. The third-order valence-electron chi connectivity index (χ3n) is 2.92. The molecule has 9 heteroatoms. The van der Waals surface area contributed by atoms with E-state index in [0.29, 0.717) is 5.75 Å². The van der Waals surface area contributed by atoms with Crippen molar-refractivity contribution in [2.24, 2.45) is 0 Å². The molecule has 1 amide bonds. The van der Waals surface area contributed by atoms with Crippen molar-refractivity contribution in [2.75, 3.05) is 7.11 Å². The Bertz CT molecular complexity index is 846. The topological polar surface area (TPSA) is 116 Å². The number of amides is 1. The smallest absolute Gasteiger partial charge is 0.270 e. The number of hydrogen-bond acceptors (Lipinski definition) is 6. The third-order valence-corrected chi connectivity index (χ3v) is 4.26. The van der Waals surface area contributed by atoms with Crippen LogP contribution >= 0.6 is 0 Å². The van der Waals surface area contributed by atoms with Crippen molar-refractivity contribution in [1.29, 1.82) is 0 Å². The highest BCUT2D eigenvalue weighted by Gasteiger charge is 2.20. The third kappa shape index (κ3) is 3.83. The summed E-state index contributed by atoms with van der Waals surface area (Å²) in [6.45, 7) is 0. The van der Waals surface area contributed by atoms with Gasteiger partial charge in [0.15, 0.2) is 0 Å². The van der Waals surface area contributed by atoms with Crippen molar-refractivity contribution in [2.45, 2.75) is 4.90 Å². The van der Waals surface area contributed by atoms with Gasteiger partial charge in [-0.05, 0) is 30.3 Å². The average Bonchev–Trinajstić information content (AvgIpc) is 2.54. The molecule has 0 heterocycles. The average molecular weight is 336 g/mol. The van der Waals surface area contributed by atoms with Crippen LogP contribution in [0.4, 0.5) is 5.69 Å². The van der Waals surface area contributed by atoms with E-state index in [1.54, 1.807) is 0 Å². The second kappa shape index (κ2) is 6.44. The Morgan fingerprint density at radius 1 is 1.17 bits per heavy atom. The fourth-order valence-corrected chi connectivity index (χ4v) is 2.73. The number of methoxy groups -OCH3 is 1. The number of rotatable bonds is 5. The molecule has 120 valence electrons. The van der Waals surface area contributed by atoms with Gasteiger partial charge in [-0.15, -0.1) is 0 Å². The molecule has 0 radical (unpaired) electrons. The highest BCUT2D eigenvalue weighted by molar-refractivity contribution is 7.90. The second-order valence-electron chi connectivity index (χ2n) is 4.42. The molecule has 0 bridgehead atoms. The van der Waals surface area contributed by atoms with Crippen LogP contribution < -0.4 is 9.46 Å². The summed E-state index contributed by atoms with van der Waals surface area (Å²) in [4.78, 5) is 21.9. The monoisotopic (exact) mass is 336 g/mol. The van der Waals surface area contributed by atoms with Crippen LogP contribution in [-0.4, -0.2) is 26.4 Å². The van der Waals surface area contributed by atoms with Crippen LogP contribution in [0.1, 0.15) is 10.4 Å². The minimum Gasteiger partial charge on any atom is -0.497 e. The number of ether oxygens (including phenoxy) is 1. The summed E-state index contributed by atoms with van der Waals surface area (Å²) >= 11 is 0. The van der Waals surface area contributed by atoms with E-state index in [9.17, 15) is 23.3 Å². The molecule has 2 aromatic carbocycles. The van der Waals surface area contributed by atoms with Crippen molar-refractivity contribution in [1.82, 2.24) is 4.72 Å². The Labute approximate surface area is 131 Å². The van der Waals surface area contributed by atoms with Crippen molar-refractivity contribution in [3.8, 4) is 5.75 Å². The zero-order valence-electron chi connectivity index (χ0n) is 11.9. The molecular formula is C14H12N2O6S. The van der Waals surface area contributed by atoms with Gasteiger partial charge in [0.05, 0.1) is 16.9 Å². The zero-order valence-corrected chi connectivity index (χ0v) is 12.7. The number of benzene rings is 2. The predicted molar refractivity (Wildman–Crippen MR) is 80.7 cm³/mol. The van der Waals surface area contributed by atoms with Crippen molar-refractivity contribution in [3.63, 3.8) is 0 Å².